The zero-order valence-electron chi connectivity index (χ0n) is 15.1. The van der Waals surface area contributed by atoms with Crippen LogP contribution in [0.2, 0.25) is 0 Å². The molecule has 1 aromatic carbocycles. The van der Waals surface area contributed by atoms with Crippen molar-refractivity contribution in [2.45, 2.75) is 51.6 Å². The number of fused-ring (bicyclic) bond motifs is 1. The van der Waals surface area contributed by atoms with Gasteiger partial charge in [0.1, 0.15) is 5.82 Å². The summed E-state index contributed by atoms with van der Waals surface area (Å²) in [6.45, 7) is 4.08. The maximum Gasteiger partial charge on any atom is 0.244 e. The van der Waals surface area contributed by atoms with E-state index < -0.39 is 6.04 Å². The van der Waals surface area contributed by atoms with Gasteiger partial charge in [-0.05, 0) is 24.5 Å². The highest BCUT2D eigenvalue weighted by Crippen LogP contribution is 2.39. The fraction of sp³-hybridized carbons (Fsp3) is 0.444. The second-order valence-electron chi connectivity index (χ2n) is 6.12. The molecule has 2 atom stereocenters. The van der Waals surface area contributed by atoms with Crippen molar-refractivity contribution in [1.82, 2.24) is 9.97 Å². The predicted octanol–water partition coefficient (Wildman–Crippen LogP) is 2.75. The van der Waals surface area contributed by atoms with Crippen LogP contribution in [0.1, 0.15) is 49.8 Å². The quantitative estimate of drug-likeness (QED) is 0.802. The summed E-state index contributed by atoms with van der Waals surface area (Å²) >= 11 is 0. The molecule has 146 valence electrons. The fourth-order valence-electron chi connectivity index (χ4n) is 3.17. The third kappa shape index (κ3) is 4.57. The number of anilines is 1. The van der Waals surface area contributed by atoms with Crippen molar-refractivity contribution in [1.29, 1.82) is 0 Å². The Morgan fingerprint density at radius 2 is 2.04 bits per heavy atom. The molecule has 0 saturated heterocycles. The highest BCUT2D eigenvalue weighted by molar-refractivity contribution is 5.99. The van der Waals surface area contributed by atoms with Gasteiger partial charge in [-0.15, -0.1) is 24.8 Å². The number of aryl methyl sites for hydroxylation is 1. The van der Waals surface area contributed by atoms with E-state index in [4.69, 9.17) is 5.73 Å². The molecule has 0 spiro atoms. The van der Waals surface area contributed by atoms with Crippen LogP contribution in [0.15, 0.2) is 30.5 Å². The zero-order valence-corrected chi connectivity index (χ0v) is 16.7. The van der Waals surface area contributed by atoms with Crippen LogP contribution < -0.4 is 10.6 Å². The summed E-state index contributed by atoms with van der Waals surface area (Å²) in [5.41, 5.74) is 9.27. The Bertz CT molecular complexity index is 708. The first kappa shape index (κ1) is 24.4. The average molecular weight is 403 g/mol. The van der Waals surface area contributed by atoms with Crippen LogP contribution in [0.4, 0.5) is 5.69 Å². The lowest BCUT2D eigenvalue weighted by Crippen LogP contribution is -2.44. The van der Waals surface area contributed by atoms with E-state index in [-0.39, 0.29) is 42.2 Å². The lowest BCUT2D eigenvalue weighted by molar-refractivity contribution is -0.120. The summed E-state index contributed by atoms with van der Waals surface area (Å²) in [7, 11) is 0. The highest BCUT2D eigenvalue weighted by Gasteiger charge is 2.37. The minimum absolute atomic E-state index is 0. The van der Waals surface area contributed by atoms with E-state index in [1.807, 2.05) is 36.2 Å². The largest absolute Gasteiger partial charge is 0.412 e. The van der Waals surface area contributed by atoms with Crippen LogP contribution in [0.5, 0.6) is 0 Å². The molecule has 0 radical (unpaired) electrons. The van der Waals surface area contributed by atoms with Gasteiger partial charge in [0, 0.05) is 24.0 Å². The molecule has 1 aromatic heterocycles. The highest BCUT2D eigenvalue weighted by atomic mass is 35.5. The normalized spacial score (nSPS) is 16.0. The first-order valence-electron chi connectivity index (χ1n) is 8.36. The Hall–Kier alpha value is -1.60. The van der Waals surface area contributed by atoms with E-state index in [0.29, 0.717) is 6.42 Å². The van der Waals surface area contributed by atoms with Gasteiger partial charge in [0.25, 0.3) is 0 Å². The van der Waals surface area contributed by atoms with Gasteiger partial charge in [0.15, 0.2) is 0 Å². The van der Waals surface area contributed by atoms with Crippen LogP contribution in [0.3, 0.4) is 0 Å². The van der Waals surface area contributed by atoms with Crippen LogP contribution in [-0.2, 0) is 17.6 Å². The second-order valence-corrected chi connectivity index (χ2v) is 6.12. The molecule has 0 bridgehead atoms. The molecule has 2 unspecified atom stereocenters. The Morgan fingerprint density at radius 1 is 1.35 bits per heavy atom. The Morgan fingerprint density at radius 3 is 2.69 bits per heavy atom. The molecular weight excluding hydrogens is 375 g/mol. The van der Waals surface area contributed by atoms with Gasteiger partial charge in [-0.1, -0.05) is 38.5 Å². The van der Waals surface area contributed by atoms with Crippen molar-refractivity contribution in [3.05, 3.63) is 47.5 Å². The predicted molar refractivity (Wildman–Crippen MR) is 109 cm³/mol. The number of rotatable bonds is 5. The van der Waals surface area contributed by atoms with E-state index >= 15 is 0 Å². The lowest BCUT2D eigenvalue weighted by atomic mass is 10.1. The van der Waals surface area contributed by atoms with E-state index in [2.05, 4.69) is 23.0 Å². The number of imidazole rings is 1. The number of amides is 1. The molecule has 0 aliphatic carbocycles. The first-order valence-corrected chi connectivity index (χ1v) is 8.36. The number of carbonyl (C=O) groups excluding carboxylic acids is 1. The number of carbonyl (C=O) groups is 1. The lowest BCUT2D eigenvalue weighted by Gasteiger charge is -2.26. The molecule has 1 aliphatic rings. The number of benzene rings is 1. The Balaban J connectivity index is 0.00000208. The zero-order chi connectivity index (χ0) is 16.4. The summed E-state index contributed by atoms with van der Waals surface area (Å²) < 4.78 is 0. The van der Waals surface area contributed by atoms with E-state index in [0.717, 1.165) is 36.5 Å². The third-order valence-corrected chi connectivity index (χ3v) is 4.45. The molecule has 0 saturated carbocycles. The Labute approximate surface area is 166 Å². The molecule has 1 amide bonds. The minimum Gasteiger partial charge on any atom is -0.412 e. The van der Waals surface area contributed by atoms with Crippen LogP contribution >= 0.6 is 24.8 Å². The molecule has 0 fully saturated rings. The first-order chi connectivity index (χ1) is 11.2. The topological polar surface area (TPSA) is 107 Å². The van der Waals surface area contributed by atoms with Crippen LogP contribution in [0, 0.1) is 0 Å². The number of aromatic nitrogens is 2. The van der Waals surface area contributed by atoms with Gasteiger partial charge in [-0.25, -0.2) is 4.98 Å². The molecule has 6 nitrogen and oxygen atoms in total. The molecule has 5 N–H and O–H groups in total. The van der Waals surface area contributed by atoms with Crippen molar-refractivity contribution in [3.8, 4) is 0 Å². The number of nitrogens with two attached hydrogens (primary N) is 1. The molecule has 8 heteroatoms. The number of para-hydroxylation sites is 1. The fourth-order valence-corrected chi connectivity index (χ4v) is 3.17. The number of aromatic amines is 1. The van der Waals surface area contributed by atoms with Gasteiger partial charge in [-0.3, -0.25) is 9.69 Å². The summed E-state index contributed by atoms with van der Waals surface area (Å²) in [5, 5.41) is 0. The van der Waals surface area contributed by atoms with Gasteiger partial charge in [0.05, 0.1) is 12.1 Å². The van der Waals surface area contributed by atoms with E-state index in [9.17, 15) is 4.79 Å². The number of hydrogen-bond donors (Lipinski definition) is 2. The summed E-state index contributed by atoms with van der Waals surface area (Å²) in [6.07, 6.45) is 5.32. The minimum atomic E-state index is -0.478. The van der Waals surface area contributed by atoms with Gasteiger partial charge in [-0.2, -0.15) is 0 Å². The maximum absolute atomic E-state index is 12.8. The maximum atomic E-state index is 12.8. The second kappa shape index (κ2) is 10.5. The molecule has 3 rings (SSSR count). The van der Waals surface area contributed by atoms with Crippen molar-refractivity contribution >= 4 is 36.4 Å². The summed E-state index contributed by atoms with van der Waals surface area (Å²) in [5.74, 6) is 0.817. The van der Waals surface area contributed by atoms with Crippen LogP contribution in [0.25, 0.3) is 0 Å². The van der Waals surface area contributed by atoms with E-state index in [1.165, 1.54) is 5.56 Å². The molecule has 2 aromatic rings. The smallest absolute Gasteiger partial charge is 0.244 e. The molecule has 26 heavy (non-hydrogen) atoms. The van der Waals surface area contributed by atoms with Crippen LogP contribution in [-0.4, -0.2) is 27.4 Å². The van der Waals surface area contributed by atoms with Gasteiger partial charge >= 0.3 is 0 Å². The number of halogens is 2. The van der Waals surface area contributed by atoms with Gasteiger partial charge in [0.2, 0.25) is 5.91 Å². The molecule has 1 aliphatic heterocycles. The summed E-state index contributed by atoms with van der Waals surface area (Å²) in [4.78, 5) is 22.6. The third-order valence-electron chi connectivity index (χ3n) is 4.45. The summed E-state index contributed by atoms with van der Waals surface area (Å²) in [6, 6.07) is 7.46. The number of nitrogens with one attached hydrogen (secondary N) is 1. The number of hydrogen-bond acceptors (Lipinski definition) is 3. The number of nitrogens with zero attached hydrogens (tertiary/aromatic N) is 2. The van der Waals surface area contributed by atoms with Crippen molar-refractivity contribution < 1.29 is 10.3 Å². The molecular formula is C18H28Cl2N4O2. The van der Waals surface area contributed by atoms with Crippen molar-refractivity contribution in [3.63, 3.8) is 0 Å². The van der Waals surface area contributed by atoms with Crippen molar-refractivity contribution in [2.75, 3.05) is 4.90 Å². The van der Waals surface area contributed by atoms with Crippen molar-refractivity contribution in [2.24, 2.45) is 5.73 Å². The Kier molecular flexibility index (Phi) is 9.88. The monoisotopic (exact) mass is 402 g/mol. The van der Waals surface area contributed by atoms with E-state index in [1.54, 1.807) is 0 Å². The average Bonchev–Trinajstić information content (AvgIpc) is 3.17. The SMILES string of the molecule is CCCc1cnc(C2Cc3ccccc3N2C(=O)C(N)CC)[nH]1.Cl.Cl.O. The van der Waals surface area contributed by atoms with Gasteiger partial charge < -0.3 is 16.2 Å². The molecule has 2 heterocycles. The number of H-pyrrole nitrogens is 1. The standard InChI is InChI=1S/C18H24N4O.2ClH.H2O/c1-3-7-13-11-20-17(21-13)16-10-12-8-5-6-9-15(12)22(16)18(23)14(19)4-2;;;/h5-6,8-9,11,14,16H,3-4,7,10,19H2,1-2H3,(H,20,21);2*1H;1H2.